The number of halogens is 2. The minimum Gasteiger partial charge on any atom is -0.490 e. The zero-order valence-electron chi connectivity index (χ0n) is 21.5. The van der Waals surface area contributed by atoms with Crippen LogP contribution in [0.5, 0.6) is 11.5 Å². The van der Waals surface area contributed by atoms with E-state index in [1.165, 1.54) is 66.9 Å². The molecule has 210 valence electrons. The smallest absolute Gasteiger partial charge is 0.345 e. The fourth-order valence-electron chi connectivity index (χ4n) is 3.50. The number of sulfonamides is 1. The molecule has 9 nitrogen and oxygen atoms in total. The van der Waals surface area contributed by atoms with Gasteiger partial charge in [0.1, 0.15) is 0 Å². The van der Waals surface area contributed by atoms with E-state index in [1.807, 2.05) is 0 Å². The Morgan fingerprint density at radius 3 is 2.32 bits per heavy atom. The van der Waals surface area contributed by atoms with Crippen LogP contribution >= 0.6 is 23.2 Å². The van der Waals surface area contributed by atoms with Gasteiger partial charge < -0.3 is 9.47 Å². The number of anilines is 1. The summed E-state index contributed by atoms with van der Waals surface area (Å²) in [6.07, 6.45) is 1.39. The summed E-state index contributed by atoms with van der Waals surface area (Å²) < 4.78 is 38.5. The maximum absolute atomic E-state index is 12.6. The molecule has 0 aliphatic rings. The second kappa shape index (κ2) is 13.3. The van der Waals surface area contributed by atoms with Gasteiger partial charge in [-0.15, -0.1) is 0 Å². The molecule has 0 saturated carbocycles. The van der Waals surface area contributed by atoms with Crippen molar-refractivity contribution in [3.8, 4) is 11.5 Å². The van der Waals surface area contributed by atoms with E-state index in [4.69, 9.17) is 32.7 Å². The summed E-state index contributed by atoms with van der Waals surface area (Å²) in [5.41, 5.74) is 3.69. The SMILES string of the molecule is CCOc1cc(/C=N/NC(=O)c2ccc(NS(=O)(=O)c3ccccc3)cc2)ccc1OC(=O)c1ccc(Cl)cc1Cl. The molecule has 0 unspecified atom stereocenters. The highest BCUT2D eigenvalue weighted by Gasteiger charge is 2.17. The van der Waals surface area contributed by atoms with Crippen LogP contribution in [0, 0.1) is 0 Å². The molecule has 0 radical (unpaired) electrons. The average Bonchev–Trinajstić information content (AvgIpc) is 2.95. The Morgan fingerprint density at radius 1 is 0.902 bits per heavy atom. The van der Waals surface area contributed by atoms with E-state index >= 15 is 0 Å². The first kappa shape index (κ1) is 29.6. The summed E-state index contributed by atoms with van der Waals surface area (Å²) in [5, 5.41) is 4.51. The van der Waals surface area contributed by atoms with Crippen molar-refractivity contribution in [2.45, 2.75) is 11.8 Å². The number of rotatable bonds is 10. The van der Waals surface area contributed by atoms with Crippen LogP contribution in [-0.4, -0.2) is 33.1 Å². The number of benzene rings is 4. The highest BCUT2D eigenvalue weighted by molar-refractivity contribution is 7.92. The lowest BCUT2D eigenvalue weighted by atomic mass is 10.2. The summed E-state index contributed by atoms with van der Waals surface area (Å²) in [4.78, 5) is 25.3. The second-order valence-corrected chi connectivity index (χ2v) is 10.9. The molecule has 12 heteroatoms. The molecule has 2 N–H and O–H groups in total. The van der Waals surface area contributed by atoms with Crippen LogP contribution < -0.4 is 19.6 Å². The highest BCUT2D eigenvalue weighted by Crippen LogP contribution is 2.30. The number of carbonyl (C=O) groups is 2. The molecule has 4 aromatic rings. The number of amides is 1. The fraction of sp³-hybridized carbons (Fsp3) is 0.0690. The normalized spacial score (nSPS) is 11.2. The predicted molar refractivity (Wildman–Crippen MR) is 158 cm³/mol. The van der Waals surface area contributed by atoms with Crippen LogP contribution in [0.15, 0.2) is 101 Å². The van der Waals surface area contributed by atoms with E-state index in [9.17, 15) is 18.0 Å². The number of hydrogen-bond acceptors (Lipinski definition) is 7. The van der Waals surface area contributed by atoms with Crippen LogP contribution in [0.2, 0.25) is 10.0 Å². The van der Waals surface area contributed by atoms with Crippen LogP contribution in [0.1, 0.15) is 33.2 Å². The minimum absolute atomic E-state index is 0.126. The van der Waals surface area contributed by atoms with Gasteiger partial charge in [0.25, 0.3) is 15.9 Å². The van der Waals surface area contributed by atoms with Crippen molar-refractivity contribution in [1.82, 2.24) is 5.43 Å². The largest absolute Gasteiger partial charge is 0.490 e. The molecule has 1 amide bonds. The van der Waals surface area contributed by atoms with Gasteiger partial charge in [0.15, 0.2) is 11.5 Å². The molecular weight excluding hydrogens is 589 g/mol. The van der Waals surface area contributed by atoms with Gasteiger partial charge >= 0.3 is 5.97 Å². The number of nitrogens with one attached hydrogen (secondary N) is 2. The highest BCUT2D eigenvalue weighted by atomic mass is 35.5. The van der Waals surface area contributed by atoms with Crippen molar-refractivity contribution < 1.29 is 27.5 Å². The van der Waals surface area contributed by atoms with E-state index in [2.05, 4.69) is 15.2 Å². The summed E-state index contributed by atoms with van der Waals surface area (Å²) in [5.74, 6) is -0.726. The summed E-state index contributed by atoms with van der Waals surface area (Å²) in [7, 11) is -3.75. The Labute approximate surface area is 246 Å². The lowest BCUT2D eigenvalue weighted by molar-refractivity contribution is 0.0728. The Bertz CT molecular complexity index is 1700. The molecule has 4 rings (SSSR count). The third-order valence-electron chi connectivity index (χ3n) is 5.45. The molecule has 0 atom stereocenters. The third-order valence-corrected chi connectivity index (χ3v) is 7.40. The topological polar surface area (TPSA) is 123 Å². The van der Waals surface area contributed by atoms with Crippen molar-refractivity contribution >= 4 is 57.0 Å². The Kier molecular flexibility index (Phi) is 9.61. The molecule has 0 bridgehead atoms. The lowest BCUT2D eigenvalue weighted by Crippen LogP contribution is -2.18. The van der Waals surface area contributed by atoms with Gasteiger partial charge in [0, 0.05) is 16.3 Å². The van der Waals surface area contributed by atoms with E-state index in [0.717, 1.165) is 0 Å². The van der Waals surface area contributed by atoms with Crippen molar-refractivity contribution in [3.63, 3.8) is 0 Å². The number of carbonyl (C=O) groups excluding carboxylic acids is 2. The molecule has 0 aromatic heterocycles. The number of hydrogen-bond donors (Lipinski definition) is 2. The van der Waals surface area contributed by atoms with Crippen molar-refractivity contribution in [3.05, 3.63) is 118 Å². The summed E-state index contributed by atoms with van der Waals surface area (Å²) in [6, 6.07) is 23.0. The average molecular weight is 612 g/mol. The monoisotopic (exact) mass is 611 g/mol. The zero-order valence-corrected chi connectivity index (χ0v) is 23.8. The molecule has 0 aliphatic carbocycles. The number of esters is 1. The molecule has 0 heterocycles. The van der Waals surface area contributed by atoms with Crippen molar-refractivity contribution in [2.75, 3.05) is 11.3 Å². The molecule has 0 fully saturated rings. The standard InChI is InChI=1S/C29H23Cl2N3O6S/c1-2-39-27-16-19(8-15-26(27)40-29(36)24-14-11-21(30)17-25(24)31)18-32-33-28(35)20-9-12-22(13-10-20)34-41(37,38)23-6-4-3-5-7-23/h3-18,34H,2H2,1H3,(H,33,35)/b32-18+. The number of hydrazone groups is 1. The van der Waals surface area contributed by atoms with Crippen molar-refractivity contribution in [2.24, 2.45) is 5.10 Å². The van der Waals surface area contributed by atoms with E-state index in [-0.39, 0.29) is 32.5 Å². The van der Waals surface area contributed by atoms with E-state index in [0.29, 0.717) is 22.9 Å². The second-order valence-electron chi connectivity index (χ2n) is 8.35. The maximum Gasteiger partial charge on any atom is 0.345 e. The van der Waals surface area contributed by atoms with Gasteiger partial charge in [0.2, 0.25) is 0 Å². The minimum atomic E-state index is -3.75. The molecular formula is C29H23Cl2N3O6S. The molecule has 0 saturated heterocycles. The van der Waals surface area contributed by atoms with Crippen LogP contribution in [0.4, 0.5) is 5.69 Å². The van der Waals surface area contributed by atoms with E-state index in [1.54, 1.807) is 37.3 Å². The third kappa shape index (κ3) is 7.85. The van der Waals surface area contributed by atoms with Crippen LogP contribution in [0.25, 0.3) is 0 Å². The zero-order chi connectivity index (χ0) is 29.4. The lowest BCUT2D eigenvalue weighted by Gasteiger charge is -2.12. The summed E-state index contributed by atoms with van der Waals surface area (Å²) in [6.45, 7) is 2.08. The van der Waals surface area contributed by atoms with Crippen LogP contribution in [-0.2, 0) is 10.0 Å². The van der Waals surface area contributed by atoms with Gasteiger partial charge in [-0.2, -0.15) is 5.10 Å². The van der Waals surface area contributed by atoms with Crippen LogP contribution in [0.3, 0.4) is 0 Å². The first-order valence-electron chi connectivity index (χ1n) is 12.1. The first-order valence-corrected chi connectivity index (χ1v) is 14.4. The molecule has 0 spiro atoms. The van der Waals surface area contributed by atoms with Crippen molar-refractivity contribution in [1.29, 1.82) is 0 Å². The fourth-order valence-corrected chi connectivity index (χ4v) is 5.07. The molecule has 41 heavy (non-hydrogen) atoms. The molecule has 4 aromatic carbocycles. The Morgan fingerprint density at radius 2 is 1.63 bits per heavy atom. The number of ether oxygens (including phenoxy) is 2. The predicted octanol–water partition coefficient (Wildman–Crippen LogP) is 6.18. The van der Waals surface area contributed by atoms with Gasteiger partial charge in [0.05, 0.1) is 28.3 Å². The van der Waals surface area contributed by atoms with E-state index < -0.39 is 21.9 Å². The summed E-state index contributed by atoms with van der Waals surface area (Å²) >= 11 is 12.0. The first-order chi connectivity index (χ1) is 19.7. The van der Waals surface area contributed by atoms with Gasteiger partial charge in [-0.25, -0.2) is 18.6 Å². The van der Waals surface area contributed by atoms with Gasteiger partial charge in [-0.05, 0) is 85.3 Å². The Balaban J connectivity index is 1.39. The van der Waals surface area contributed by atoms with Gasteiger partial charge in [-0.3, -0.25) is 9.52 Å². The molecule has 0 aliphatic heterocycles. The van der Waals surface area contributed by atoms with Gasteiger partial charge in [-0.1, -0.05) is 41.4 Å². The quantitative estimate of drug-likeness (QED) is 0.0955. The number of nitrogens with zero attached hydrogens (tertiary/aromatic N) is 1. The Hall–Kier alpha value is -4.38. The maximum atomic E-state index is 12.6.